The molecular formula is C9H18N2O3S. The van der Waals surface area contributed by atoms with E-state index in [9.17, 15) is 9.59 Å². The molecule has 0 saturated carbocycles. The van der Waals surface area contributed by atoms with Crippen molar-refractivity contribution in [3.8, 4) is 0 Å². The third-order valence-electron chi connectivity index (χ3n) is 1.77. The third-order valence-corrected chi connectivity index (χ3v) is 2.41. The van der Waals surface area contributed by atoms with E-state index in [4.69, 9.17) is 0 Å². The molecule has 0 aromatic carbocycles. The van der Waals surface area contributed by atoms with Gasteiger partial charge >= 0.3 is 5.97 Å². The molecule has 0 aliphatic heterocycles. The van der Waals surface area contributed by atoms with Crippen LogP contribution >= 0.6 is 11.8 Å². The van der Waals surface area contributed by atoms with Crippen molar-refractivity contribution in [2.24, 2.45) is 0 Å². The van der Waals surface area contributed by atoms with Gasteiger partial charge in [0, 0.05) is 0 Å². The Kier molecular flexibility index (Phi) is 8.12. The van der Waals surface area contributed by atoms with Gasteiger partial charge in [0.25, 0.3) is 0 Å². The minimum absolute atomic E-state index is 0.200. The molecule has 0 spiro atoms. The van der Waals surface area contributed by atoms with Crippen LogP contribution in [-0.2, 0) is 14.3 Å². The van der Waals surface area contributed by atoms with E-state index >= 15 is 0 Å². The van der Waals surface area contributed by atoms with Crippen LogP contribution < -0.4 is 10.6 Å². The summed E-state index contributed by atoms with van der Waals surface area (Å²) in [5, 5.41) is 5.33. The Morgan fingerprint density at radius 1 is 1.47 bits per heavy atom. The maximum absolute atomic E-state index is 11.3. The summed E-state index contributed by atoms with van der Waals surface area (Å²) in [5.74, 6) is 0.210. The molecule has 0 bridgehead atoms. The van der Waals surface area contributed by atoms with Crippen LogP contribution in [0.1, 0.15) is 6.42 Å². The Morgan fingerprint density at radius 2 is 2.13 bits per heavy atom. The van der Waals surface area contributed by atoms with Gasteiger partial charge in [0.15, 0.2) is 0 Å². The molecule has 2 N–H and O–H groups in total. The number of hydrogen-bond acceptors (Lipinski definition) is 5. The van der Waals surface area contributed by atoms with Gasteiger partial charge in [0.2, 0.25) is 5.91 Å². The van der Waals surface area contributed by atoms with Crippen LogP contribution in [0, 0.1) is 0 Å². The Bertz CT molecular complexity index is 212. The van der Waals surface area contributed by atoms with Crippen molar-refractivity contribution >= 4 is 23.6 Å². The standard InChI is InChI=1S/C9H18N2O3S/c1-10-6-8(12)11-7(4-5-15-3)9(13)14-2/h7,10H,4-6H2,1-3H3,(H,11,12)/t7-/m0/s1. The van der Waals surface area contributed by atoms with Gasteiger partial charge in [-0.3, -0.25) is 4.79 Å². The predicted octanol–water partition coefficient (Wildman–Crippen LogP) is -0.383. The van der Waals surface area contributed by atoms with Crippen LogP contribution in [0.3, 0.4) is 0 Å². The summed E-state index contributed by atoms with van der Waals surface area (Å²) in [5.41, 5.74) is 0. The Labute approximate surface area is 94.3 Å². The Balaban J connectivity index is 4.11. The summed E-state index contributed by atoms with van der Waals surface area (Å²) in [6.07, 6.45) is 2.53. The molecule has 5 nitrogen and oxygen atoms in total. The van der Waals surface area contributed by atoms with E-state index in [-0.39, 0.29) is 12.5 Å². The molecule has 0 aliphatic carbocycles. The number of likely N-dealkylation sites (N-methyl/N-ethyl adjacent to an activating group) is 1. The maximum Gasteiger partial charge on any atom is 0.328 e. The normalized spacial score (nSPS) is 11.9. The van der Waals surface area contributed by atoms with Crippen molar-refractivity contribution in [3.05, 3.63) is 0 Å². The number of esters is 1. The van der Waals surface area contributed by atoms with E-state index in [2.05, 4.69) is 15.4 Å². The lowest BCUT2D eigenvalue weighted by atomic mass is 10.2. The van der Waals surface area contributed by atoms with E-state index in [0.717, 1.165) is 5.75 Å². The van der Waals surface area contributed by atoms with Gasteiger partial charge in [-0.2, -0.15) is 11.8 Å². The highest BCUT2D eigenvalue weighted by atomic mass is 32.2. The summed E-state index contributed by atoms with van der Waals surface area (Å²) in [6.45, 7) is 0.201. The molecule has 0 fully saturated rings. The van der Waals surface area contributed by atoms with Gasteiger partial charge in [-0.25, -0.2) is 4.79 Å². The number of ether oxygens (including phenoxy) is 1. The smallest absolute Gasteiger partial charge is 0.328 e. The van der Waals surface area contributed by atoms with Crippen LogP contribution in [0.15, 0.2) is 0 Å². The second kappa shape index (κ2) is 8.55. The van der Waals surface area contributed by atoms with Gasteiger partial charge < -0.3 is 15.4 Å². The number of hydrogen-bond donors (Lipinski definition) is 2. The molecule has 15 heavy (non-hydrogen) atoms. The van der Waals surface area contributed by atoms with Crippen molar-refractivity contribution in [1.29, 1.82) is 0 Å². The van der Waals surface area contributed by atoms with Crippen LogP contribution in [0.25, 0.3) is 0 Å². The topological polar surface area (TPSA) is 67.4 Å². The number of methoxy groups -OCH3 is 1. The second-order valence-electron chi connectivity index (χ2n) is 2.96. The van der Waals surface area contributed by atoms with Crippen LogP contribution in [-0.4, -0.2) is 50.6 Å². The van der Waals surface area contributed by atoms with Gasteiger partial charge in [-0.1, -0.05) is 0 Å². The lowest BCUT2D eigenvalue weighted by Crippen LogP contribution is -2.44. The van der Waals surface area contributed by atoms with Crippen molar-refractivity contribution < 1.29 is 14.3 Å². The second-order valence-corrected chi connectivity index (χ2v) is 3.94. The highest BCUT2D eigenvalue weighted by Gasteiger charge is 2.20. The minimum atomic E-state index is -0.539. The Morgan fingerprint density at radius 3 is 2.60 bits per heavy atom. The van der Waals surface area contributed by atoms with Crippen LogP contribution in [0.4, 0.5) is 0 Å². The monoisotopic (exact) mass is 234 g/mol. The Hall–Kier alpha value is -0.750. The fourth-order valence-electron chi connectivity index (χ4n) is 1.03. The molecule has 0 rings (SSSR count). The fraction of sp³-hybridized carbons (Fsp3) is 0.778. The molecule has 0 radical (unpaired) electrons. The number of rotatable bonds is 7. The van der Waals surface area contributed by atoms with Crippen molar-refractivity contribution in [2.45, 2.75) is 12.5 Å². The molecule has 1 amide bonds. The first-order chi connectivity index (χ1) is 7.15. The molecule has 0 heterocycles. The largest absolute Gasteiger partial charge is 0.467 e. The SMILES string of the molecule is CNCC(=O)N[C@@H](CCSC)C(=O)OC. The zero-order valence-electron chi connectivity index (χ0n) is 9.33. The first-order valence-corrected chi connectivity index (χ1v) is 6.05. The summed E-state index contributed by atoms with van der Waals surface area (Å²) < 4.78 is 4.61. The lowest BCUT2D eigenvalue weighted by Gasteiger charge is -2.15. The molecule has 6 heteroatoms. The molecule has 88 valence electrons. The average molecular weight is 234 g/mol. The lowest BCUT2D eigenvalue weighted by molar-refractivity contribution is -0.145. The molecule has 0 aliphatic rings. The van der Waals surface area contributed by atoms with Gasteiger partial charge in [-0.15, -0.1) is 0 Å². The van der Waals surface area contributed by atoms with E-state index in [0.29, 0.717) is 6.42 Å². The summed E-state index contributed by atoms with van der Waals surface area (Å²) in [4.78, 5) is 22.5. The van der Waals surface area contributed by atoms with E-state index in [1.165, 1.54) is 7.11 Å². The van der Waals surface area contributed by atoms with E-state index in [1.54, 1.807) is 18.8 Å². The van der Waals surface area contributed by atoms with Gasteiger partial charge in [0.1, 0.15) is 6.04 Å². The molecule has 1 atom stereocenters. The highest BCUT2D eigenvalue weighted by Crippen LogP contribution is 2.02. The van der Waals surface area contributed by atoms with Crippen LogP contribution in [0.2, 0.25) is 0 Å². The zero-order valence-corrected chi connectivity index (χ0v) is 10.1. The highest BCUT2D eigenvalue weighted by molar-refractivity contribution is 7.98. The number of carbonyl (C=O) groups excluding carboxylic acids is 2. The quantitative estimate of drug-likeness (QED) is 0.588. The van der Waals surface area contributed by atoms with Gasteiger partial charge in [0.05, 0.1) is 13.7 Å². The first-order valence-electron chi connectivity index (χ1n) is 4.66. The molecule has 0 aromatic heterocycles. The molecular weight excluding hydrogens is 216 g/mol. The number of nitrogens with one attached hydrogen (secondary N) is 2. The number of amides is 1. The molecule has 0 saturated heterocycles. The van der Waals surface area contributed by atoms with E-state index < -0.39 is 12.0 Å². The average Bonchev–Trinajstić information content (AvgIpc) is 2.23. The van der Waals surface area contributed by atoms with Crippen molar-refractivity contribution in [2.75, 3.05) is 32.7 Å². The summed E-state index contributed by atoms with van der Waals surface area (Å²) in [7, 11) is 2.99. The van der Waals surface area contributed by atoms with Crippen LogP contribution in [0.5, 0.6) is 0 Å². The zero-order chi connectivity index (χ0) is 11.7. The van der Waals surface area contributed by atoms with Crippen molar-refractivity contribution in [1.82, 2.24) is 10.6 Å². The minimum Gasteiger partial charge on any atom is -0.467 e. The molecule has 0 aromatic rings. The number of thioether (sulfide) groups is 1. The summed E-state index contributed by atoms with van der Waals surface area (Å²) >= 11 is 1.62. The fourth-order valence-corrected chi connectivity index (χ4v) is 1.50. The summed E-state index contributed by atoms with van der Waals surface area (Å²) in [6, 6.07) is -0.539. The number of carbonyl (C=O) groups is 2. The van der Waals surface area contributed by atoms with E-state index in [1.807, 2.05) is 6.26 Å². The van der Waals surface area contributed by atoms with Gasteiger partial charge in [-0.05, 0) is 25.5 Å². The first kappa shape index (κ1) is 14.2. The third kappa shape index (κ3) is 6.35. The predicted molar refractivity (Wildman–Crippen MR) is 60.9 cm³/mol. The van der Waals surface area contributed by atoms with Crippen molar-refractivity contribution in [3.63, 3.8) is 0 Å². The molecule has 0 unspecified atom stereocenters. The maximum atomic E-state index is 11.3.